The highest BCUT2D eigenvalue weighted by Gasteiger charge is 2.49. The number of aliphatic hydroxyl groups is 1. The van der Waals surface area contributed by atoms with E-state index in [1.165, 1.54) is 17.7 Å². The van der Waals surface area contributed by atoms with Crippen LogP contribution in [0, 0.1) is 17.8 Å². The summed E-state index contributed by atoms with van der Waals surface area (Å²) in [5, 5.41) is 19.7. The molecule has 0 spiro atoms. The topological polar surface area (TPSA) is 65.8 Å². The highest BCUT2D eigenvalue weighted by atomic mass is 19.1. The predicted molar refractivity (Wildman–Crippen MR) is 103 cm³/mol. The standard InChI is InChI=1S/C22H27FN2O3/c1-28-22(9-15-5-3-2-4-6-15)10-16-12-25(13-17(16)11-22)14-20(27)18-7-8-19(26)21(23)24-18/h2-8,16-17,20,26-27H,9-14H2,1H3/t16-,17+,20?,22?. The van der Waals surface area contributed by atoms with Crippen LogP contribution in [0.3, 0.4) is 0 Å². The number of likely N-dealkylation sites (tertiary alicyclic amines) is 1. The number of halogens is 1. The number of ether oxygens (including phenoxy) is 1. The molecule has 5 nitrogen and oxygen atoms in total. The molecule has 0 bridgehead atoms. The largest absolute Gasteiger partial charge is 0.504 e. The van der Waals surface area contributed by atoms with E-state index >= 15 is 0 Å². The molecule has 28 heavy (non-hydrogen) atoms. The molecule has 2 aliphatic rings. The van der Waals surface area contributed by atoms with Crippen LogP contribution in [0.2, 0.25) is 0 Å². The monoisotopic (exact) mass is 386 g/mol. The summed E-state index contributed by atoms with van der Waals surface area (Å²) in [6, 6.07) is 13.2. The first kappa shape index (κ1) is 19.3. The lowest BCUT2D eigenvalue weighted by molar-refractivity contribution is -0.0141. The Morgan fingerprint density at radius 1 is 1.18 bits per heavy atom. The normalized spacial score (nSPS) is 28.4. The van der Waals surface area contributed by atoms with Crippen molar-refractivity contribution in [3.05, 3.63) is 59.7 Å². The summed E-state index contributed by atoms with van der Waals surface area (Å²) in [6.45, 7) is 2.23. The summed E-state index contributed by atoms with van der Waals surface area (Å²) in [5.41, 5.74) is 1.45. The van der Waals surface area contributed by atoms with Crippen molar-refractivity contribution in [2.45, 2.75) is 31.0 Å². The summed E-state index contributed by atoms with van der Waals surface area (Å²) in [4.78, 5) is 5.89. The fourth-order valence-electron chi connectivity index (χ4n) is 5.00. The van der Waals surface area contributed by atoms with Crippen molar-refractivity contribution in [3.8, 4) is 5.75 Å². The average molecular weight is 386 g/mol. The first-order valence-electron chi connectivity index (χ1n) is 9.83. The van der Waals surface area contributed by atoms with Crippen molar-refractivity contribution >= 4 is 0 Å². The number of pyridine rings is 1. The number of nitrogens with zero attached hydrogens (tertiary/aromatic N) is 2. The number of rotatable bonds is 6. The van der Waals surface area contributed by atoms with Gasteiger partial charge in [0.25, 0.3) is 5.95 Å². The van der Waals surface area contributed by atoms with Crippen LogP contribution in [0.25, 0.3) is 0 Å². The number of aromatic nitrogens is 1. The molecule has 150 valence electrons. The molecule has 2 unspecified atom stereocenters. The number of hydrogen-bond donors (Lipinski definition) is 2. The number of β-amino-alcohol motifs (C(OH)–C–C–N with tert-alkyl or cyclic N) is 1. The maximum absolute atomic E-state index is 13.4. The number of fused-ring (bicyclic) bond motifs is 1. The molecular weight excluding hydrogens is 359 g/mol. The number of aromatic hydroxyl groups is 1. The molecule has 1 aliphatic carbocycles. The van der Waals surface area contributed by atoms with E-state index in [0.29, 0.717) is 18.4 Å². The number of methoxy groups -OCH3 is 1. The summed E-state index contributed by atoms with van der Waals surface area (Å²) >= 11 is 0. The number of benzene rings is 1. The van der Waals surface area contributed by atoms with Gasteiger partial charge in [0.1, 0.15) is 6.10 Å². The van der Waals surface area contributed by atoms with Crippen LogP contribution < -0.4 is 0 Å². The van der Waals surface area contributed by atoms with Gasteiger partial charge in [0.05, 0.1) is 11.3 Å². The lowest BCUT2D eigenvalue weighted by atomic mass is 9.91. The Balaban J connectivity index is 1.36. The molecule has 1 aliphatic heterocycles. The van der Waals surface area contributed by atoms with Crippen LogP contribution in [0.5, 0.6) is 5.75 Å². The van der Waals surface area contributed by atoms with Gasteiger partial charge in [-0.15, -0.1) is 0 Å². The van der Waals surface area contributed by atoms with Gasteiger partial charge in [-0.1, -0.05) is 30.3 Å². The third-order valence-corrected chi connectivity index (χ3v) is 6.35. The Kier molecular flexibility index (Phi) is 5.36. The second-order valence-electron chi connectivity index (χ2n) is 8.26. The lowest BCUT2D eigenvalue weighted by Crippen LogP contribution is -2.35. The summed E-state index contributed by atoms with van der Waals surface area (Å²) < 4.78 is 19.5. The average Bonchev–Trinajstić information content (AvgIpc) is 3.20. The minimum Gasteiger partial charge on any atom is -0.504 e. The smallest absolute Gasteiger partial charge is 0.255 e. The van der Waals surface area contributed by atoms with Crippen molar-refractivity contribution in [2.24, 2.45) is 11.8 Å². The second-order valence-corrected chi connectivity index (χ2v) is 8.26. The van der Waals surface area contributed by atoms with E-state index in [4.69, 9.17) is 4.74 Å². The maximum atomic E-state index is 13.4. The highest BCUT2D eigenvalue weighted by molar-refractivity contribution is 5.21. The summed E-state index contributed by atoms with van der Waals surface area (Å²) in [6.07, 6.45) is 2.09. The summed E-state index contributed by atoms with van der Waals surface area (Å²) in [5.74, 6) is -0.359. The number of hydrogen-bond acceptors (Lipinski definition) is 5. The molecule has 4 rings (SSSR count). The summed E-state index contributed by atoms with van der Waals surface area (Å²) in [7, 11) is 1.82. The molecule has 1 saturated heterocycles. The molecule has 1 aromatic heterocycles. The molecule has 1 aromatic carbocycles. The van der Waals surface area contributed by atoms with Gasteiger partial charge in [0.2, 0.25) is 0 Å². The van der Waals surface area contributed by atoms with E-state index in [0.717, 1.165) is 32.4 Å². The Hall–Kier alpha value is -2.02. The Morgan fingerprint density at radius 3 is 2.46 bits per heavy atom. The lowest BCUT2D eigenvalue weighted by Gasteiger charge is -2.30. The predicted octanol–water partition coefficient (Wildman–Crippen LogP) is 2.93. The zero-order valence-corrected chi connectivity index (χ0v) is 16.1. The number of aliphatic hydroxyl groups excluding tert-OH is 1. The van der Waals surface area contributed by atoms with Crippen LogP contribution in [0.15, 0.2) is 42.5 Å². The second kappa shape index (κ2) is 7.78. The maximum Gasteiger partial charge on any atom is 0.255 e. The van der Waals surface area contributed by atoms with Gasteiger partial charge in [-0.3, -0.25) is 4.90 Å². The van der Waals surface area contributed by atoms with E-state index < -0.39 is 17.8 Å². The molecule has 2 fully saturated rings. The molecule has 0 amide bonds. The third kappa shape index (κ3) is 3.90. The highest BCUT2D eigenvalue weighted by Crippen LogP contribution is 2.47. The molecule has 2 aromatic rings. The molecule has 1 saturated carbocycles. The third-order valence-electron chi connectivity index (χ3n) is 6.35. The van der Waals surface area contributed by atoms with Crippen molar-refractivity contribution in [1.29, 1.82) is 0 Å². The van der Waals surface area contributed by atoms with Gasteiger partial charge in [0.15, 0.2) is 5.75 Å². The van der Waals surface area contributed by atoms with E-state index in [-0.39, 0.29) is 11.3 Å². The van der Waals surface area contributed by atoms with Crippen LogP contribution in [-0.2, 0) is 11.2 Å². The zero-order valence-electron chi connectivity index (χ0n) is 16.1. The van der Waals surface area contributed by atoms with Crippen LogP contribution in [0.4, 0.5) is 4.39 Å². The van der Waals surface area contributed by atoms with E-state index in [9.17, 15) is 14.6 Å². The Bertz CT molecular complexity index is 803. The van der Waals surface area contributed by atoms with Crippen LogP contribution in [-0.4, -0.2) is 52.4 Å². The van der Waals surface area contributed by atoms with Crippen molar-refractivity contribution in [2.75, 3.05) is 26.7 Å². The molecule has 2 N–H and O–H groups in total. The quantitative estimate of drug-likeness (QED) is 0.748. The minimum absolute atomic E-state index is 0.108. The van der Waals surface area contributed by atoms with Crippen LogP contribution >= 0.6 is 0 Å². The fraction of sp³-hybridized carbons (Fsp3) is 0.500. The Morgan fingerprint density at radius 2 is 1.86 bits per heavy atom. The van der Waals surface area contributed by atoms with Crippen molar-refractivity contribution in [1.82, 2.24) is 9.88 Å². The zero-order chi connectivity index (χ0) is 19.7. The van der Waals surface area contributed by atoms with Crippen molar-refractivity contribution < 1.29 is 19.3 Å². The van der Waals surface area contributed by atoms with E-state index in [1.807, 2.05) is 13.2 Å². The van der Waals surface area contributed by atoms with Gasteiger partial charge >= 0.3 is 0 Å². The van der Waals surface area contributed by atoms with Crippen LogP contribution in [0.1, 0.15) is 30.2 Å². The van der Waals surface area contributed by atoms with E-state index in [1.54, 1.807) is 0 Å². The molecule has 4 atom stereocenters. The molecule has 2 heterocycles. The fourth-order valence-corrected chi connectivity index (χ4v) is 5.00. The van der Waals surface area contributed by atoms with E-state index in [2.05, 4.69) is 34.1 Å². The van der Waals surface area contributed by atoms with Gasteiger partial charge in [-0.25, -0.2) is 4.98 Å². The minimum atomic E-state index is -0.944. The first-order chi connectivity index (χ1) is 13.5. The first-order valence-corrected chi connectivity index (χ1v) is 9.83. The molecule has 6 heteroatoms. The SMILES string of the molecule is COC1(Cc2ccccc2)C[C@H]2CN(CC(O)c3ccc(O)c(F)n3)C[C@H]2C1. The molecule has 0 radical (unpaired) electrons. The van der Waals surface area contributed by atoms with Gasteiger partial charge in [0, 0.05) is 33.2 Å². The van der Waals surface area contributed by atoms with Gasteiger partial charge < -0.3 is 14.9 Å². The van der Waals surface area contributed by atoms with Crippen molar-refractivity contribution in [3.63, 3.8) is 0 Å². The van der Waals surface area contributed by atoms with Gasteiger partial charge in [-0.05, 0) is 42.4 Å². The molecular formula is C22H27FN2O3. The van der Waals surface area contributed by atoms with Gasteiger partial charge in [-0.2, -0.15) is 4.39 Å². The Labute approximate surface area is 164 Å².